The van der Waals surface area contributed by atoms with E-state index in [2.05, 4.69) is 31.6 Å². The summed E-state index contributed by atoms with van der Waals surface area (Å²) in [7, 11) is 0. The average molecular weight is 483 g/mol. The van der Waals surface area contributed by atoms with Crippen molar-refractivity contribution < 1.29 is 20.7 Å². The number of hydrogen-bond donors (Lipinski definition) is 1. The molecule has 2 heterocycles. The summed E-state index contributed by atoms with van der Waals surface area (Å²) >= 11 is 4.72. The largest absolute Gasteiger partial charge is 0.255 e. The van der Waals surface area contributed by atoms with Gasteiger partial charge in [-0.3, -0.25) is 9.97 Å². The second kappa shape index (κ2) is 11.4. The van der Waals surface area contributed by atoms with Gasteiger partial charge in [-0.15, -0.1) is 12.1 Å². The van der Waals surface area contributed by atoms with Gasteiger partial charge in [-0.2, -0.15) is 18.2 Å². The van der Waals surface area contributed by atoms with E-state index in [1.807, 2.05) is 55.9 Å². The molecule has 0 radical (unpaired) electrons. The third-order valence-corrected chi connectivity index (χ3v) is 2.28. The molecule has 0 bridgehead atoms. The number of halogens is 1. The molecule has 3 nitrogen and oxygen atoms in total. The summed E-state index contributed by atoms with van der Waals surface area (Å²) in [5.74, 6) is 0.197. The van der Waals surface area contributed by atoms with Crippen LogP contribution in [0.4, 0.5) is 0 Å². The molecular weight excluding hydrogens is 470 g/mol. The summed E-state index contributed by atoms with van der Waals surface area (Å²) in [6.45, 7) is 0. The normalized spacial score (nSPS) is 8.71. The first-order valence-electron chi connectivity index (χ1n) is 5.96. The Hall–Kier alpha value is -1.29. The zero-order chi connectivity index (χ0) is 15.3. The minimum Gasteiger partial charge on any atom is -0.255 e. The summed E-state index contributed by atoms with van der Waals surface area (Å²) < 4.78 is 0. The summed E-state index contributed by atoms with van der Waals surface area (Å²) in [4.78, 5) is 8.37. The van der Waals surface area contributed by atoms with E-state index in [4.69, 9.17) is 5.11 Å². The number of pyridine rings is 2. The van der Waals surface area contributed by atoms with Crippen LogP contribution >= 0.6 is 19.5 Å². The van der Waals surface area contributed by atoms with Crippen LogP contribution in [0.5, 0.6) is 5.75 Å². The Balaban J connectivity index is 0.000000210. The van der Waals surface area contributed by atoms with Crippen LogP contribution in [0.15, 0.2) is 73.1 Å². The predicted molar refractivity (Wildman–Crippen MR) is 88.4 cm³/mol. The Kier molecular flexibility index (Phi) is 9.63. The van der Waals surface area contributed by atoms with Crippen molar-refractivity contribution in [2.24, 2.45) is 0 Å². The molecule has 0 amide bonds. The van der Waals surface area contributed by atoms with Gasteiger partial charge in [-0.25, -0.2) is 0 Å². The van der Waals surface area contributed by atoms with Gasteiger partial charge in [0, 0.05) is 18.1 Å². The van der Waals surface area contributed by atoms with Gasteiger partial charge in [-0.1, -0.05) is 12.1 Å². The van der Waals surface area contributed by atoms with Gasteiger partial charge in [0.05, 0.1) is 11.4 Å². The standard InChI is InChI=1S/C10H8N2.C6H5O.HI.Pd/c1-3-7-11-9(5-1)10-6-2-4-8-12-10;7-6-4-2-1-3-5-6;;/h1-8H;1-4,7H;1H;/q;-1;;+2/p-1. The third-order valence-electron chi connectivity index (χ3n) is 2.28. The van der Waals surface area contributed by atoms with Crippen molar-refractivity contribution in [1.82, 2.24) is 9.97 Å². The van der Waals surface area contributed by atoms with Gasteiger partial charge in [0.2, 0.25) is 0 Å². The molecule has 21 heavy (non-hydrogen) atoms. The van der Waals surface area contributed by atoms with Crippen LogP contribution in [0.25, 0.3) is 11.4 Å². The van der Waals surface area contributed by atoms with Crippen LogP contribution in [-0.2, 0) is 15.6 Å². The first-order valence-corrected chi connectivity index (χ1v) is 10.6. The van der Waals surface area contributed by atoms with Gasteiger partial charge < -0.3 is 5.11 Å². The first-order chi connectivity index (χ1) is 10.4. The van der Waals surface area contributed by atoms with Gasteiger partial charge in [-0.05, 0) is 24.3 Å². The quantitative estimate of drug-likeness (QED) is 0.321. The molecule has 5 heteroatoms. The fourth-order valence-corrected chi connectivity index (χ4v) is 1.41. The maximum absolute atomic E-state index is 8.58. The summed E-state index contributed by atoms with van der Waals surface area (Å²) in [6.07, 6.45) is 3.54. The number of para-hydroxylation sites is 1. The third kappa shape index (κ3) is 7.32. The number of benzene rings is 1. The molecule has 0 aliphatic carbocycles. The molecule has 0 unspecified atom stereocenters. The van der Waals surface area contributed by atoms with Gasteiger partial charge >= 0.3 is 35.1 Å². The van der Waals surface area contributed by atoms with Crippen molar-refractivity contribution in [3.8, 4) is 17.1 Å². The monoisotopic (exact) mass is 482 g/mol. The van der Waals surface area contributed by atoms with Crippen LogP contribution in [0.3, 0.4) is 0 Å². The number of aromatic nitrogens is 2. The van der Waals surface area contributed by atoms with Crippen molar-refractivity contribution >= 4 is 19.5 Å². The average Bonchev–Trinajstić information content (AvgIpc) is 2.60. The molecular formula is C16H13IN2OPd. The van der Waals surface area contributed by atoms with Crippen LogP contribution in [0, 0.1) is 6.07 Å². The molecule has 0 spiro atoms. The molecule has 0 fully saturated rings. The van der Waals surface area contributed by atoms with Crippen LogP contribution in [0.1, 0.15) is 0 Å². The molecule has 0 saturated heterocycles. The first kappa shape index (κ1) is 17.8. The van der Waals surface area contributed by atoms with Gasteiger partial charge in [0.1, 0.15) is 0 Å². The molecule has 1 aromatic carbocycles. The van der Waals surface area contributed by atoms with Crippen molar-refractivity contribution in [1.29, 1.82) is 0 Å². The Labute approximate surface area is 145 Å². The maximum Gasteiger partial charge on any atom is 0.0886 e. The molecule has 3 rings (SSSR count). The van der Waals surface area contributed by atoms with Crippen molar-refractivity contribution in [3.63, 3.8) is 0 Å². The molecule has 110 valence electrons. The van der Waals surface area contributed by atoms with E-state index in [0.717, 1.165) is 11.4 Å². The van der Waals surface area contributed by atoms with Crippen molar-refractivity contribution in [2.45, 2.75) is 0 Å². The summed E-state index contributed by atoms with van der Waals surface area (Å²) in [6, 6.07) is 21.0. The van der Waals surface area contributed by atoms with Crippen LogP contribution in [0.2, 0.25) is 0 Å². The number of phenols is 1. The Morgan fingerprint density at radius 1 is 0.810 bits per heavy atom. The fraction of sp³-hybridized carbons (Fsp3) is 0. The fourth-order valence-electron chi connectivity index (χ4n) is 1.41. The number of nitrogens with zero attached hydrogens (tertiary/aromatic N) is 2. The van der Waals surface area contributed by atoms with E-state index in [-0.39, 0.29) is 5.75 Å². The molecule has 0 aliphatic heterocycles. The van der Waals surface area contributed by atoms with Crippen molar-refractivity contribution in [2.75, 3.05) is 0 Å². The van der Waals surface area contributed by atoms with E-state index in [1.54, 1.807) is 36.7 Å². The zero-order valence-corrected chi connectivity index (χ0v) is 14.7. The Morgan fingerprint density at radius 2 is 1.33 bits per heavy atom. The smallest absolute Gasteiger partial charge is 0.0886 e. The minimum absolute atomic E-state index is 0.197. The van der Waals surface area contributed by atoms with E-state index >= 15 is 0 Å². The number of phenolic OH excluding ortho intramolecular Hbond substituents is 1. The van der Waals surface area contributed by atoms with E-state index in [9.17, 15) is 0 Å². The SMILES string of the molecule is Oc1[c-]cccc1.[Pd+][I].c1ccc(-c2ccccn2)nc1. The molecule has 0 atom stereocenters. The molecule has 0 aliphatic rings. The van der Waals surface area contributed by atoms with E-state index in [0.29, 0.717) is 0 Å². The summed E-state index contributed by atoms with van der Waals surface area (Å²) in [5, 5.41) is 8.58. The van der Waals surface area contributed by atoms with E-state index in [1.165, 1.54) is 0 Å². The summed E-state index contributed by atoms with van der Waals surface area (Å²) in [5.41, 5.74) is 1.83. The number of aromatic hydroxyl groups is 1. The predicted octanol–water partition coefficient (Wildman–Crippen LogP) is 4.22. The van der Waals surface area contributed by atoms with Gasteiger partial charge in [0.25, 0.3) is 0 Å². The molecule has 1 N–H and O–H groups in total. The molecule has 3 aromatic rings. The van der Waals surface area contributed by atoms with Crippen LogP contribution < -0.4 is 0 Å². The molecule has 0 saturated carbocycles. The van der Waals surface area contributed by atoms with Crippen LogP contribution in [-0.4, -0.2) is 15.1 Å². The number of hydrogen-bond acceptors (Lipinski definition) is 3. The second-order valence-corrected chi connectivity index (χ2v) is 3.68. The topological polar surface area (TPSA) is 46.0 Å². The minimum atomic E-state index is 0.197. The zero-order valence-electron chi connectivity index (χ0n) is 11.0. The molecule has 2 aromatic heterocycles. The van der Waals surface area contributed by atoms with E-state index < -0.39 is 0 Å². The Bertz CT molecular complexity index is 557. The number of rotatable bonds is 1. The van der Waals surface area contributed by atoms with Crippen molar-refractivity contribution in [3.05, 3.63) is 79.1 Å². The second-order valence-electron chi connectivity index (χ2n) is 3.68. The maximum atomic E-state index is 8.58. The van der Waals surface area contributed by atoms with Gasteiger partial charge in [0.15, 0.2) is 0 Å². The Morgan fingerprint density at radius 3 is 1.62 bits per heavy atom.